The fourth-order valence-corrected chi connectivity index (χ4v) is 9.62. The van der Waals surface area contributed by atoms with Crippen LogP contribution in [0.4, 0.5) is 0 Å². The molecule has 6 nitrogen and oxygen atoms in total. The van der Waals surface area contributed by atoms with Crippen LogP contribution >= 0.6 is 0 Å². The third-order valence-corrected chi connectivity index (χ3v) is 14.7. The lowest BCUT2D eigenvalue weighted by molar-refractivity contribution is -0.167. The quantitative estimate of drug-likeness (QED) is 0.0261. The Kier molecular flexibility index (Phi) is 65.8. The Morgan fingerprint density at radius 3 is 0.744 bits per heavy atom. The van der Waals surface area contributed by atoms with Gasteiger partial charge in [-0.25, -0.2) is 0 Å². The maximum Gasteiger partial charge on any atom is 0.306 e. The van der Waals surface area contributed by atoms with Crippen molar-refractivity contribution in [1.29, 1.82) is 0 Å². The summed E-state index contributed by atoms with van der Waals surface area (Å²) in [5, 5.41) is 0. The number of carbonyl (C=O) groups excluding carboxylic acids is 3. The van der Waals surface area contributed by atoms with E-state index in [4.69, 9.17) is 14.2 Å². The second-order valence-electron chi connectivity index (χ2n) is 22.7. The van der Waals surface area contributed by atoms with Crippen LogP contribution in [0.25, 0.3) is 0 Å². The fraction of sp³-hybridized carbons (Fsp3) is 0.697. The zero-order valence-electron chi connectivity index (χ0n) is 53.7. The molecule has 1 atom stereocenters. The standard InChI is InChI=1S/C76H128O6/c1-4-7-10-13-16-19-21-23-25-27-29-31-33-34-35-36-37-38-39-40-41-42-44-45-47-49-51-53-55-57-60-63-66-69-75(78)81-72-73(71-80-74(77)68-65-62-59-18-15-12-9-6-3)82-76(79)70-67-64-61-58-56-54-52-50-48-46-43-32-30-28-26-24-22-20-17-14-11-8-5-2/h7-8,10-11,16-17,19-20,23-26,29-32,34-35,37-38,73H,4-6,9,12-15,18,21-22,27-28,33,36,39-72H2,1-3H3/b10-7-,11-8-,19-16-,20-17-,25-23-,26-24-,31-29-,32-30-,35-34-,38-37-. The fourth-order valence-electron chi connectivity index (χ4n) is 9.62. The van der Waals surface area contributed by atoms with Gasteiger partial charge in [-0.2, -0.15) is 0 Å². The minimum atomic E-state index is -0.780. The van der Waals surface area contributed by atoms with Gasteiger partial charge in [0.25, 0.3) is 0 Å². The molecule has 0 rings (SSSR count). The van der Waals surface area contributed by atoms with Crippen LogP contribution in [0.3, 0.4) is 0 Å². The molecule has 0 N–H and O–H groups in total. The first-order valence-electron chi connectivity index (χ1n) is 34.5. The summed E-state index contributed by atoms with van der Waals surface area (Å²) >= 11 is 0. The Morgan fingerprint density at radius 1 is 0.256 bits per heavy atom. The molecule has 0 fully saturated rings. The number of allylic oxidation sites excluding steroid dienone is 20. The summed E-state index contributed by atoms with van der Waals surface area (Å²) in [5.41, 5.74) is 0. The molecule has 1 unspecified atom stereocenters. The first-order chi connectivity index (χ1) is 40.5. The van der Waals surface area contributed by atoms with Gasteiger partial charge in [0.2, 0.25) is 0 Å². The number of hydrogen-bond acceptors (Lipinski definition) is 6. The highest BCUT2D eigenvalue weighted by Gasteiger charge is 2.19. The van der Waals surface area contributed by atoms with Crippen LogP contribution < -0.4 is 0 Å². The van der Waals surface area contributed by atoms with Gasteiger partial charge < -0.3 is 14.2 Å². The summed E-state index contributed by atoms with van der Waals surface area (Å²) in [6, 6.07) is 0. The molecule has 0 bridgehead atoms. The van der Waals surface area contributed by atoms with Gasteiger partial charge in [0.1, 0.15) is 13.2 Å². The van der Waals surface area contributed by atoms with Crippen molar-refractivity contribution in [3.05, 3.63) is 122 Å². The van der Waals surface area contributed by atoms with Crippen molar-refractivity contribution in [3.8, 4) is 0 Å². The van der Waals surface area contributed by atoms with E-state index in [0.717, 1.165) is 122 Å². The third-order valence-electron chi connectivity index (χ3n) is 14.7. The summed E-state index contributed by atoms with van der Waals surface area (Å²) in [4.78, 5) is 38.2. The number of unbranched alkanes of at least 4 members (excludes halogenated alkanes) is 31. The zero-order valence-corrected chi connectivity index (χ0v) is 53.7. The van der Waals surface area contributed by atoms with Gasteiger partial charge in [0, 0.05) is 19.3 Å². The molecular formula is C76H128O6. The van der Waals surface area contributed by atoms with E-state index in [0.29, 0.717) is 19.3 Å². The molecule has 0 aromatic carbocycles. The van der Waals surface area contributed by atoms with Gasteiger partial charge >= 0.3 is 17.9 Å². The predicted molar refractivity (Wildman–Crippen MR) is 357 cm³/mol. The topological polar surface area (TPSA) is 78.9 Å². The first-order valence-corrected chi connectivity index (χ1v) is 34.5. The number of hydrogen-bond donors (Lipinski definition) is 0. The lowest BCUT2D eigenvalue weighted by atomic mass is 10.0. The largest absolute Gasteiger partial charge is 0.462 e. The zero-order chi connectivity index (χ0) is 59.2. The second kappa shape index (κ2) is 69.3. The highest BCUT2D eigenvalue weighted by molar-refractivity contribution is 5.71. The van der Waals surface area contributed by atoms with Crippen molar-refractivity contribution in [3.63, 3.8) is 0 Å². The predicted octanol–water partition coefficient (Wildman–Crippen LogP) is 23.9. The monoisotopic (exact) mass is 1140 g/mol. The van der Waals surface area contributed by atoms with Crippen LogP contribution in [0, 0.1) is 0 Å². The minimum Gasteiger partial charge on any atom is -0.462 e. The third kappa shape index (κ3) is 66.6. The van der Waals surface area contributed by atoms with E-state index in [9.17, 15) is 14.4 Å². The van der Waals surface area contributed by atoms with E-state index in [1.807, 2.05) is 0 Å². The summed E-state index contributed by atoms with van der Waals surface area (Å²) in [7, 11) is 0. The molecule has 0 spiro atoms. The number of rotatable bonds is 62. The highest BCUT2D eigenvalue weighted by Crippen LogP contribution is 2.17. The Morgan fingerprint density at radius 2 is 0.476 bits per heavy atom. The van der Waals surface area contributed by atoms with Crippen molar-refractivity contribution >= 4 is 17.9 Å². The van der Waals surface area contributed by atoms with Crippen LogP contribution in [-0.2, 0) is 28.6 Å². The average molecular weight is 1140 g/mol. The Hall–Kier alpha value is -4.19. The molecule has 0 aliphatic rings. The van der Waals surface area contributed by atoms with Gasteiger partial charge in [-0.3, -0.25) is 14.4 Å². The highest BCUT2D eigenvalue weighted by atomic mass is 16.6. The van der Waals surface area contributed by atoms with Gasteiger partial charge in [0.15, 0.2) is 6.10 Å². The van der Waals surface area contributed by atoms with Crippen molar-refractivity contribution < 1.29 is 28.6 Å². The first kappa shape index (κ1) is 77.8. The van der Waals surface area contributed by atoms with E-state index in [-0.39, 0.29) is 31.1 Å². The van der Waals surface area contributed by atoms with E-state index < -0.39 is 6.10 Å². The molecule has 82 heavy (non-hydrogen) atoms. The molecule has 0 radical (unpaired) electrons. The van der Waals surface area contributed by atoms with E-state index in [1.54, 1.807) is 0 Å². The molecule has 0 aliphatic heterocycles. The number of ether oxygens (including phenoxy) is 3. The molecule has 0 aromatic heterocycles. The van der Waals surface area contributed by atoms with Crippen LogP contribution in [0.15, 0.2) is 122 Å². The van der Waals surface area contributed by atoms with Gasteiger partial charge in [-0.05, 0) is 109 Å². The molecule has 6 heteroatoms. The van der Waals surface area contributed by atoms with Crippen LogP contribution in [0.5, 0.6) is 0 Å². The summed E-state index contributed by atoms with van der Waals surface area (Å²) in [5.74, 6) is -0.877. The SMILES string of the molecule is CC/C=C\C/C=C\C/C=C\C/C=C\C/C=C\C/C=C\CCCCCCCCCCCCCCCCC(=O)OCC(COC(=O)CCCCCCCCCC)OC(=O)CCCCCCCCCCCC/C=C\C/C=C\C/C=C\C/C=C\CC. The number of esters is 3. The molecule has 0 saturated heterocycles. The van der Waals surface area contributed by atoms with Crippen LogP contribution in [0.2, 0.25) is 0 Å². The minimum absolute atomic E-state index is 0.0778. The van der Waals surface area contributed by atoms with Crippen LogP contribution in [-0.4, -0.2) is 37.2 Å². The lowest BCUT2D eigenvalue weighted by Crippen LogP contribution is -2.30. The Balaban J connectivity index is 4.12. The van der Waals surface area contributed by atoms with E-state index in [1.165, 1.54) is 161 Å². The second-order valence-corrected chi connectivity index (χ2v) is 22.7. The molecule has 0 aliphatic carbocycles. The Labute approximate surface area is 507 Å². The van der Waals surface area contributed by atoms with Crippen molar-refractivity contribution in [2.45, 2.75) is 329 Å². The van der Waals surface area contributed by atoms with Gasteiger partial charge in [-0.1, -0.05) is 316 Å². The summed E-state index contributed by atoms with van der Waals surface area (Å²) in [6.07, 6.45) is 96.7. The Bertz CT molecular complexity index is 1690. The molecule has 0 saturated carbocycles. The molecule has 468 valence electrons. The van der Waals surface area contributed by atoms with E-state index in [2.05, 4.69) is 142 Å². The average Bonchev–Trinajstić information content (AvgIpc) is 3.47. The maximum absolute atomic E-state index is 12.9. The molecular weight excluding hydrogens is 1010 g/mol. The van der Waals surface area contributed by atoms with E-state index >= 15 is 0 Å². The molecule has 0 amide bonds. The summed E-state index contributed by atoms with van der Waals surface area (Å²) < 4.78 is 16.9. The number of carbonyl (C=O) groups is 3. The van der Waals surface area contributed by atoms with Crippen molar-refractivity contribution in [2.24, 2.45) is 0 Å². The van der Waals surface area contributed by atoms with Gasteiger partial charge in [0.05, 0.1) is 0 Å². The normalized spacial score (nSPS) is 12.9. The maximum atomic E-state index is 12.9. The van der Waals surface area contributed by atoms with Gasteiger partial charge in [-0.15, -0.1) is 0 Å². The molecule has 0 heterocycles. The lowest BCUT2D eigenvalue weighted by Gasteiger charge is -2.18. The van der Waals surface area contributed by atoms with Crippen LogP contribution in [0.1, 0.15) is 323 Å². The van der Waals surface area contributed by atoms with Crippen molar-refractivity contribution in [2.75, 3.05) is 13.2 Å². The molecule has 0 aromatic rings. The smallest absolute Gasteiger partial charge is 0.306 e. The summed E-state index contributed by atoms with van der Waals surface area (Å²) in [6.45, 7) is 6.41. The van der Waals surface area contributed by atoms with Crippen molar-refractivity contribution in [1.82, 2.24) is 0 Å².